The molecule has 0 rings (SSSR count). The number of unbranched alkanes of at least 4 members (excludes halogenated alkanes) is 3. The number of carboxylic acid groups (broad SMARTS) is 4. The van der Waals surface area contributed by atoms with Gasteiger partial charge in [0, 0.05) is 59.1 Å². The number of carbonyl (C=O) groups is 4. The summed E-state index contributed by atoms with van der Waals surface area (Å²) in [6.45, 7) is -0.664. The van der Waals surface area contributed by atoms with Gasteiger partial charge in [-0.3, -0.25) is 29.0 Å². The third-order valence-corrected chi connectivity index (χ3v) is 3.13. The molecule has 10 nitrogen and oxygen atoms in total. The molecule has 0 aliphatic rings. The monoisotopic (exact) mass is 394 g/mol. The van der Waals surface area contributed by atoms with Crippen molar-refractivity contribution in [3.8, 4) is 0 Å². The normalized spacial score (nSPS) is 10.1. The van der Waals surface area contributed by atoms with Crippen LogP contribution in [0.15, 0.2) is 0 Å². The number of nitrogens with zero attached hydrogens (tertiary/aromatic N) is 2. The molecule has 0 saturated heterocycles. The molecule has 0 bridgehead atoms. The third-order valence-electron chi connectivity index (χ3n) is 3.13. The van der Waals surface area contributed by atoms with E-state index in [0.717, 1.165) is 0 Å². The van der Waals surface area contributed by atoms with Gasteiger partial charge in [-0.25, -0.2) is 0 Å². The van der Waals surface area contributed by atoms with Crippen molar-refractivity contribution in [3.05, 3.63) is 0 Å². The van der Waals surface area contributed by atoms with E-state index in [9.17, 15) is 19.2 Å². The van der Waals surface area contributed by atoms with Crippen LogP contribution in [0.1, 0.15) is 25.7 Å². The predicted octanol–water partition coefficient (Wildman–Crippen LogP) is -1.27. The van der Waals surface area contributed by atoms with Gasteiger partial charge >= 0.3 is 23.9 Å². The van der Waals surface area contributed by atoms with E-state index in [1.165, 1.54) is 9.80 Å². The smallest absolute Gasteiger partial charge is 0.317 e. The molecule has 12 heteroatoms. The van der Waals surface area contributed by atoms with Crippen molar-refractivity contribution in [2.75, 3.05) is 39.3 Å². The summed E-state index contributed by atoms with van der Waals surface area (Å²) in [5, 5.41) is 34.8. The van der Waals surface area contributed by atoms with Crippen LogP contribution in [-0.2, 0) is 19.2 Å². The Morgan fingerprint density at radius 2 is 0.731 bits per heavy atom. The Balaban J connectivity index is -0.00000264. The first-order valence-electron chi connectivity index (χ1n) is 7.52. The summed E-state index contributed by atoms with van der Waals surface area (Å²) in [5.41, 5.74) is 0. The molecule has 0 heterocycles. The minimum Gasteiger partial charge on any atom is -0.480 e. The predicted molar refractivity (Wildman–Crippen MR) is 93.4 cm³/mol. The zero-order chi connectivity index (χ0) is 18.5. The Hall–Kier alpha value is -0.200. The van der Waals surface area contributed by atoms with Gasteiger partial charge in [-0.1, -0.05) is 12.8 Å². The quantitative estimate of drug-likeness (QED) is 0.195. The van der Waals surface area contributed by atoms with Gasteiger partial charge in [0.2, 0.25) is 0 Å². The van der Waals surface area contributed by atoms with Crippen LogP contribution in [0.2, 0.25) is 0 Å². The molecule has 2 radical (unpaired) electrons. The van der Waals surface area contributed by atoms with Crippen LogP contribution in [0.4, 0.5) is 0 Å². The standard InChI is InChI=1S/C14H24N2O8.2Na/c17-11(18)7-15(8-12(19)20)5-3-1-2-4-6-16(9-13(21)22)10-14(23)24;;/h1-10H2,(H,17,18)(H,19,20)(H,21,22)(H,23,24);;. The molecule has 4 N–H and O–H groups in total. The number of hydrogen-bond donors (Lipinski definition) is 4. The minimum absolute atomic E-state index is 0. The Labute approximate surface area is 196 Å². The molecule has 140 valence electrons. The van der Waals surface area contributed by atoms with Crippen LogP contribution in [0.3, 0.4) is 0 Å². The SMILES string of the molecule is O=C(O)CN(CCCCCCN(CC(=O)O)CC(=O)O)CC(=O)O.[Na].[Na]. The van der Waals surface area contributed by atoms with Crippen molar-refractivity contribution in [1.82, 2.24) is 9.80 Å². The maximum Gasteiger partial charge on any atom is 0.317 e. The van der Waals surface area contributed by atoms with Gasteiger partial charge in [0.15, 0.2) is 0 Å². The molecule has 0 unspecified atom stereocenters. The molecular formula is C14H24N2Na2O8. The van der Waals surface area contributed by atoms with Crippen LogP contribution in [-0.4, -0.2) is 152 Å². The molecule has 0 saturated carbocycles. The van der Waals surface area contributed by atoms with E-state index in [-0.39, 0.29) is 85.3 Å². The van der Waals surface area contributed by atoms with Crippen molar-refractivity contribution in [3.63, 3.8) is 0 Å². The fraction of sp³-hybridized carbons (Fsp3) is 0.714. The summed E-state index contributed by atoms with van der Waals surface area (Å²) in [4.78, 5) is 45.2. The van der Waals surface area contributed by atoms with Crippen LogP contribution >= 0.6 is 0 Å². The van der Waals surface area contributed by atoms with Crippen molar-refractivity contribution < 1.29 is 39.6 Å². The maximum absolute atomic E-state index is 10.6. The molecular weight excluding hydrogens is 370 g/mol. The largest absolute Gasteiger partial charge is 0.480 e. The minimum atomic E-state index is -1.09. The van der Waals surface area contributed by atoms with Crippen molar-refractivity contribution >= 4 is 83.0 Å². The number of carboxylic acids is 4. The Kier molecular flexibility index (Phi) is 21.3. The topological polar surface area (TPSA) is 156 Å². The van der Waals surface area contributed by atoms with Gasteiger partial charge < -0.3 is 20.4 Å². The molecule has 0 atom stereocenters. The van der Waals surface area contributed by atoms with Crippen molar-refractivity contribution in [1.29, 1.82) is 0 Å². The Morgan fingerprint density at radius 3 is 0.923 bits per heavy atom. The van der Waals surface area contributed by atoms with Gasteiger partial charge in [0.05, 0.1) is 26.2 Å². The molecule has 0 fully saturated rings. The third kappa shape index (κ3) is 20.1. The average molecular weight is 394 g/mol. The molecule has 0 aromatic rings. The van der Waals surface area contributed by atoms with Gasteiger partial charge in [-0.05, 0) is 25.9 Å². The average Bonchev–Trinajstić information content (AvgIpc) is 2.39. The molecule has 0 amide bonds. The fourth-order valence-electron chi connectivity index (χ4n) is 2.22. The van der Waals surface area contributed by atoms with Crippen molar-refractivity contribution in [2.24, 2.45) is 0 Å². The molecule has 0 aliphatic heterocycles. The van der Waals surface area contributed by atoms with Crippen LogP contribution in [0, 0.1) is 0 Å². The van der Waals surface area contributed by atoms with E-state index in [2.05, 4.69) is 0 Å². The summed E-state index contributed by atoms with van der Waals surface area (Å²) in [5.74, 6) is -4.35. The van der Waals surface area contributed by atoms with Crippen LogP contribution in [0.25, 0.3) is 0 Å². The van der Waals surface area contributed by atoms with E-state index < -0.39 is 23.9 Å². The van der Waals surface area contributed by atoms with Gasteiger partial charge in [-0.15, -0.1) is 0 Å². The summed E-state index contributed by atoms with van der Waals surface area (Å²) in [6.07, 6.45) is 2.64. The van der Waals surface area contributed by atoms with Crippen LogP contribution in [0.5, 0.6) is 0 Å². The summed E-state index contributed by atoms with van der Waals surface area (Å²) in [7, 11) is 0. The second-order valence-corrected chi connectivity index (χ2v) is 5.41. The van der Waals surface area contributed by atoms with Gasteiger partial charge in [0.25, 0.3) is 0 Å². The van der Waals surface area contributed by atoms with Gasteiger partial charge in [-0.2, -0.15) is 0 Å². The first kappa shape index (κ1) is 30.5. The first-order valence-corrected chi connectivity index (χ1v) is 7.52. The van der Waals surface area contributed by atoms with Crippen LogP contribution < -0.4 is 0 Å². The molecule has 26 heavy (non-hydrogen) atoms. The zero-order valence-electron chi connectivity index (χ0n) is 15.4. The fourth-order valence-corrected chi connectivity index (χ4v) is 2.22. The zero-order valence-corrected chi connectivity index (χ0v) is 19.4. The number of aliphatic carboxylic acids is 4. The Bertz CT molecular complexity index is 379. The first-order chi connectivity index (χ1) is 11.2. The van der Waals surface area contributed by atoms with E-state index in [0.29, 0.717) is 38.8 Å². The number of rotatable bonds is 15. The molecule has 0 aromatic carbocycles. The van der Waals surface area contributed by atoms with Crippen molar-refractivity contribution in [2.45, 2.75) is 25.7 Å². The van der Waals surface area contributed by atoms with E-state index >= 15 is 0 Å². The molecule has 0 spiro atoms. The second kappa shape index (κ2) is 18.2. The van der Waals surface area contributed by atoms with Gasteiger partial charge in [0.1, 0.15) is 0 Å². The summed E-state index contributed by atoms with van der Waals surface area (Å²) in [6, 6.07) is 0. The van der Waals surface area contributed by atoms with E-state index in [1.807, 2.05) is 0 Å². The Morgan fingerprint density at radius 1 is 0.500 bits per heavy atom. The summed E-state index contributed by atoms with van der Waals surface area (Å²) < 4.78 is 0. The number of hydrogen-bond acceptors (Lipinski definition) is 6. The van der Waals surface area contributed by atoms with E-state index in [4.69, 9.17) is 20.4 Å². The van der Waals surface area contributed by atoms with E-state index in [1.54, 1.807) is 0 Å². The molecule has 0 aliphatic carbocycles. The summed E-state index contributed by atoms with van der Waals surface area (Å²) >= 11 is 0. The second-order valence-electron chi connectivity index (χ2n) is 5.41. The molecule has 0 aromatic heterocycles. The maximum atomic E-state index is 10.6.